The second-order valence-corrected chi connectivity index (χ2v) is 8.15. The Morgan fingerprint density at radius 1 is 1.12 bits per heavy atom. The molecule has 0 atom stereocenters. The molecule has 3 aromatic rings. The van der Waals surface area contributed by atoms with Crippen LogP contribution in [0.4, 0.5) is 0 Å². The van der Waals surface area contributed by atoms with Crippen LogP contribution in [0, 0.1) is 0 Å². The molecule has 0 aliphatic carbocycles. The number of hydrogen-bond donors (Lipinski definition) is 1. The largest absolute Gasteiger partial charge is 0.350 e. The fourth-order valence-electron chi connectivity index (χ4n) is 2.64. The zero-order valence-corrected chi connectivity index (χ0v) is 15.4. The first-order valence-corrected chi connectivity index (χ1v) is 9.50. The van der Waals surface area contributed by atoms with Crippen LogP contribution in [0.5, 0.6) is 0 Å². The summed E-state index contributed by atoms with van der Waals surface area (Å²) < 4.78 is 27.7. The number of aromatic nitrogens is 2. The first kappa shape index (κ1) is 18.1. The number of para-hydroxylation sites is 2. The molecule has 1 heterocycles. The van der Waals surface area contributed by atoms with Crippen LogP contribution in [0.1, 0.15) is 5.56 Å². The molecule has 0 bridgehead atoms. The van der Waals surface area contributed by atoms with Gasteiger partial charge in [-0.2, -0.15) is 0 Å². The molecule has 0 fully saturated rings. The third-order valence-corrected chi connectivity index (χ3v) is 5.96. The molecule has 7 nitrogen and oxygen atoms in total. The van der Waals surface area contributed by atoms with Crippen LogP contribution in [-0.2, 0) is 27.9 Å². The summed E-state index contributed by atoms with van der Waals surface area (Å²) in [5.74, 6) is -0.217. The van der Waals surface area contributed by atoms with Crippen molar-refractivity contribution in [1.29, 1.82) is 0 Å². The second kappa shape index (κ2) is 7.27. The summed E-state index contributed by atoms with van der Waals surface area (Å²) >= 11 is 0. The third kappa shape index (κ3) is 3.61. The highest BCUT2D eigenvalue weighted by Gasteiger charge is 2.20. The molecule has 8 heteroatoms. The number of rotatable bonds is 6. The lowest BCUT2D eigenvalue weighted by atomic mass is 10.2. The van der Waals surface area contributed by atoms with Crippen molar-refractivity contribution in [2.75, 3.05) is 14.1 Å². The maximum atomic E-state index is 12.4. The average molecular weight is 372 g/mol. The minimum absolute atomic E-state index is 0.114. The second-order valence-electron chi connectivity index (χ2n) is 6.03. The molecule has 0 unspecified atom stereocenters. The minimum atomic E-state index is -3.57. The number of carbonyl (C=O) groups excluding carboxylic acids is 1. The van der Waals surface area contributed by atoms with E-state index in [1.165, 1.54) is 14.1 Å². The van der Waals surface area contributed by atoms with Gasteiger partial charge in [0, 0.05) is 20.6 Å². The molecule has 0 spiro atoms. The normalized spacial score (nSPS) is 11.8. The fraction of sp³-hybridized carbons (Fsp3) is 0.222. The van der Waals surface area contributed by atoms with E-state index in [4.69, 9.17) is 0 Å². The van der Waals surface area contributed by atoms with Crippen LogP contribution in [-0.4, -0.2) is 42.3 Å². The van der Waals surface area contributed by atoms with Gasteiger partial charge in [0.25, 0.3) is 0 Å². The van der Waals surface area contributed by atoms with E-state index in [9.17, 15) is 13.2 Å². The predicted octanol–water partition coefficient (Wildman–Crippen LogP) is 1.60. The standard InChI is InChI=1S/C18H20N4O3S/c1-21(2)26(24,25)17-10-6-3-7-14(17)11-19-18(23)12-22-13-20-15-8-4-5-9-16(15)22/h3-10,13H,11-12H2,1-2H3,(H,19,23). The maximum Gasteiger partial charge on any atom is 0.242 e. The number of imidazole rings is 1. The molecular formula is C18H20N4O3S. The summed E-state index contributed by atoms with van der Waals surface area (Å²) in [5, 5.41) is 2.78. The van der Waals surface area contributed by atoms with Gasteiger partial charge in [0.2, 0.25) is 15.9 Å². The van der Waals surface area contributed by atoms with Crippen LogP contribution in [0.25, 0.3) is 11.0 Å². The number of hydrogen-bond acceptors (Lipinski definition) is 4. The number of nitrogens with zero attached hydrogens (tertiary/aromatic N) is 3. The Kier molecular flexibility index (Phi) is 5.06. The van der Waals surface area contributed by atoms with E-state index in [-0.39, 0.29) is 23.9 Å². The van der Waals surface area contributed by atoms with Gasteiger partial charge in [-0.05, 0) is 23.8 Å². The maximum absolute atomic E-state index is 12.4. The van der Waals surface area contributed by atoms with Crippen molar-refractivity contribution in [3.05, 3.63) is 60.4 Å². The molecule has 136 valence electrons. The fourth-order valence-corrected chi connectivity index (χ4v) is 3.75. The van der Waals surface area contributed by atoms with Crippen molar-refractivity contribution in [1.82, 2.24) is 19.2 Å². The van der Waals surface area contributed by atoms with Gasteiger partial charge < -0.3 is 9.88 Å². The van der Waals surface area contributed by atoms with Gasteiger partial charge in [0.1, 0.15) is 6.54 Å². The first-order chi connectivity index (χ1) is 12.4. The summed E-state index contributed by atoms with van der Waals surface area (Å²) in [6.07, 6.45) is 1.62. The molecule has 0 aliphatic heterocycles. The van der Waals surface area contributed by atoms with E-state index >= 15 is 0 Å². The Balaban J connectivity index is 1.73. The topological polar surface area (TPSA) is 84.3 Å². The Hall–Kier alpha value is -2.71. The lowest BCUT2D eigenvalue weighted by Crippen LogP contribution is -2.29. The van der Waals surface area contributed by atoms with Gasteiger partial charge in [-0.3, -0.25) is 4.79 Å². The van der Waals surface area contributed by atoms with Gasteiger partial charge >= 0.3 is 0 Å². The average Bonchev–Trinajstić information content (AvgIpc) is 3.03. The van der Waals surface area contributed by atoms with Crippen molar-refractivity contribution in [2.24, 2.45) is 0 Å². The molecule has 0 saturated carbocycles. The summed E-state index contributed by atoms with van der Waals surface area (Å²) in [6, 6.07) is 14.2. The molecule has 1 amide bonds. The smallest absolute Gasteiger partial charge is 0.242 e. The molecule has 0 radical (unpaired) electrons. The zero-order valence-electron chi connectivity index (χ0n) is 14.6. The molecule has 2 aromatic carbocycles. The monoisotopic (exact) mass is 372 g/mol. The van der Waals surface area contributed by atoms with Gasteiger partial charge in [-0.1, -0.05) is 30.3 Å². The Morgan fingerprint density at radius 3 is 2.58 bits per heavy atom. The van der Waals surface area contributed by atoms with Crippen molar-refractivity contribution in [3.8, 4) is 0 Å². The van der Waals surface area contributed by atoms with Crippen LogP contribution in [0.2, 0.25) is 0 Å². The number of fused-ring (bicyclic) bond motifs is 1. The highest BCUT2D eigenvalue weighted by atomic mass is 32.2. The van der Waals surface area contributed by atoms with E-state index in [0.717, 1.165) is 15.3 Å². The van der Waals surface area contributed by atoms with Gasteiger partial charge in [-0.25, -0.2) is 17.7 Å². The first-order valence-electron chi connectivity index (χ1n) is 8.06. The van der Waals surface area contributed by atoms with Crippen molar-refractivity contribution >= 4 is 27.0 Å². The van der Waals surface area contributed by atoms with E-state index < -0.39 is 10.0 Å². The quantitative estimate of drug-likeness (QED) is 0.712. The predicted molar refractivity (Wildman–Crippen MR) is 98.9 cm³/mol. The minimum Gasteiger partial charge on any atom is -0.350 e. The van der Waals surface area contributed by atoms with Crippen LogP contribution in [0.3, 0.4) is 0 Å². The summed E-state index contributed by atoms with van der Waals surface area (Å²) in [5.41, 5.74) is 2.24. The highest BCUT2D eigenvalue weighted by Crippen LogP contribution is 2.18. The summed E-state index contributed by atoms with van der Waals surface area (Å²) in [6.45, 7) is 0.248. The van der Waals surface area contributed by atoms with Gasteiger partial charge in [-0.15, -0.1) is 0 Å². The van der Waals surface area contributed by atoms with E-state index in [1.807, 2.05) is 24.3 Å². The molecule has 0 saturated heterocycles. The third-order valence-electron chi connectivity index (χ3n) is 4.05. The molecule has 26 heavy (non-hydrogen) atoms. The summed E-state index contributed by atoms with van der Waals surface area (Å²) in [7, 11) is -0.605. The van der Waals surface area contributed by atoms with E-state index in [1.54, 1.807) is 35.2 Å². The van der Waals surface area contributed by atoms with Crippen LogP contribution < -0.4 is 5.32 Å². The Labute approximate surface area is 152 Å². The van der Waals surface area contributed by atoms with Crippen LogP contribution in [0.15, 0.2) is 59.8 Å². The van der Waals surface area contributed by atoms with Gasteiger partial charge in [0.05, 0.1) is 22.3 Å². The number of carbonyl (C=O) groups is 1. The van der Waals surface area contributed by atoms with E-state index in [0.29, 0.717) is 5.56 Å². The van der Waals surface area contributed by atoms with Crippen LogP contribution >= 0.6 is 0 Å². The molecule has 3 rings (SSSR count). The molecular weight excluding hydrogens is 352 g/mol. The lowest BCUT2D eigenvalue weighted by molar-refractivity contribution is -0.121. The van der Waals surface area contributed by atoms with Crippen molar-refractivity contribution < 1.29 is 13.2 Å². The summed E-state index contributed by atoms with van der Waals surface area (Å²) in [4.78, 5) is 16.7. The number of nitrogens with one attached hydrogen (secondary N) is 1. The highest BCUT2D eigenvalue weighted by molar-refractivity contribution is 7.89. The SMILES string of the molecule is CN(C)S(=O)(=O)c1ccccc1CNC(=O)Cn1cnc2ccccc21. The Morgan fingerprint density at radius 2 is 1.81 bits per heavy atom. The molecule has 0 aliphatic rings. The number of sulfonamides is 1. The Bertz CT molecular complexity index is 1040. The number of amides is 1. The molecule has 1 N–H and O–H groups in total. The van der Waals surface area contributed by atoms with E-state index in [2.05, 4.69) is 10.3 Å². The zero-order chi connectivity index (χ0) is 18.7. The van der Waals surface area contributed by atoms with Crippen molar-refractivity contribution in [2.45, 2.75) is 18.0 Å². The van der Waals surface area contributed by atoms with Crippen molar-refractivity contribution in [3.63, 3.8) is 0 Å². The molecule has 1 aromatic heterocycles. The number of benzene rings is 2. The van der Waals surface area contributed by atoms with Gasteiger partial charge in [0.15, 0.2) is 0 Å². The lowest BCUT2D eigenvalue weighted by Gasteiger charge is -2.15.